The Morgan fingerprint density at radius 1 is 1.10 bits per heavy atom. The summed E-state index contributed by atoms with van der Waals surface area (Å²) in [5.41, 5.74) is 3.36. The molecule has 2 rings (SSSR count). The van der Waals surface area contributed by atoms with Crippen LogP contribution in [-0.2, 0) is 0 Å². The maximum atomic E-state index is 10.9. The van der Waals surface area contributed by atoms with E-state index in [0.717, 1.165) is 16.8 Å². The number of halogens is 2. The molecule has 0 aromatic heterocycles. The van der Waals surface area contributed by atoms with Gasteiger partial charge in [-0.1, -0.05) is 29.3 Å². The van der Waals surface area contributed by atoms with E-state index in [1.807, 2.05) is 19.9 Å². The second-order valence-corrected chi connectivity index (χ2v) is 5.30. The lowest BCUT2D eigenvalue weighted by atomic mass is 10.1. The van der Waals surface area contributed by atoms with Gasteiger partial charge >= 0.3 is 5.97 Å². The summed E-state index contributed by atoms with van der Waals surface area (Å²) in [7, 11) is 0. The summed E-state index contributed by atoms with van der Waals surface area (Å²) in [5.74, 6) is -0.953. The van der Waals surface area contributed by atoms with Crippen molar-refractivity contribution in [1.82, 2.24) is 0 Å². The number of benzene rings is 2. The lowest BCUT2D eigenvalue weighted by molar-refractivity contribution is 0.0697. The molecule has 104 valence electrons. The molecule has 0 fully saturated rings. The van der Waals surface area contributed by atoms with Crippen LogP contribution in [0.5, 0.6) is 0 Å². The van der Waals surface area contributed by atoms with Gasteiger partial charge in [0, 0.05) is 5.69 Å². The molecule has 2 aromatic rings. The molecule has 5 heteroatoms. The van der Waals surface area contributed by atoms with Crippen molar-refractivity contribution in [2.45, 2.75) is 13.8 Å². The Balaban J connectivity index is 2.41. The fourth-order valence-electron chi connectivity index (χ4n) is 1.84. The maximum absolute atomic E-state index is 10.9. The van der Waals surface area contributed by atoms with E-state index in [1.54, 1.807) is 18.2 Å². The maximum Gasteiger partial charge on any atom is 0.335 e. The molecule has 0 spiro atoms. The average Bonchev–Trinajstić information content (AvgIpc) is 2.40. The first-order valence-corrected chi connectivity index (χ1v) is 6.71. The lowest BCUT2D eigenvalue weighted by Gasteiger charge is -2.14. The van der Waals surface area contributed by atoms with Crippen LogP contribution in [0.2, 0.25) is 10.0 Å². The molecule has 0 aliphatic heterocycles. The smallest absolute Gasteiger partial charge is 0.335 e. The normalized spacial score (nSPS) is 10.4. The summed E-state index contributed by atoms with van der Waals surface area (Å²) >= 11 is 12.4. The highest BCUT2D eigenvalue weighted by Crippen LogP contribution is 2.35. The largest absolute Gasteiger partial charge is 0.478 e. The van der Waals surface area contributed by atoms with Crippen LogP contribution in [0.1, 0.15) is 21.5 Å². The Morgan fingerprint density at radius 2 is 1.80 bits per heavy atom. The summed E-state index contributed by atoms with van der Waals surface area (Å²) < 4.78 is 0. The fourth-order valence-corrected chi connectivity index (χ4v) is 2.31. The Bertz CT molecular complexity index is 684. The van der Waals surface area contributed by atoms with Crippen LogP contribution in [0.25, 0.3) is 0 Å². The highest BCUT2D eigenvalue weighted by Gasteiger charge is 2.11. The van der Waals surface area contributed by atoms with Crippen molar-refractivity contribution < 1.29 is 9.90 Å². The van der Waals surface area contributed by atoms with Crippen LogP contribution in [0, 0.1) is 13.8 Å². The van der Waals surface area contributed by atoms with Crippen molar-refractivity contribution in [3.8, 4) is 0 Å². The number of aromatic carboxylic acids is 1. The van der Waals surface area contributed by atoms with Gasteiger partial charge in [0.2, 0.25) is 0 Å². The highest BCUT2D eigenvalue weighted by atomic mass is 35.5. The lowest BCUT2D eigenvalue weighted by Crippen LogP contribution is -2.00. The minimum Gasteiger partial charge on any atom is -0.478 e. The molecule has 0 saturated carbocycles. The zero-order valence-electron chi connectivity index (χ0n) is 11.0. The number of hydrogen-bond acceptors (Lipinski definition) is 2. The van der Waals surface area contributed by atoms with Crippen LogP contribution >= 0.6 is 23.2 Å². The first-order chi connectivity index (χ1) is 9.40. The van der Waals surface area contributed by atoms with Crippen LogP contribution < -0.4 is 5.32 Å². The molecule has 0 heterocycles. The summed E-state index contributed by atoms with van der Waals surface area (Å²) in [6.45, 7) is 3.72. The average molecular weight is 310 g/mol. The van der Waals surface area contributed by atoms with Gasteiger partial charge in [0.25, 0.3) is 0 Å². The van der Waals surface area contributed by atoms with Gasteiger partial charge in [-0.25, -0.2) is 4.79 Å². The fraction of sp³-hybridized carbons (Fsp3) is 0.133. The topological polar surface area (TPSA) is 49.3 Å². The number of carboxylic acids is 1. The van der Waals surface area contributed by atoms with E-state index < -0.39 is 5.97 Å². The van der Waals surface area contributed by atoms with Gasteiger partial charge in [-0.2, -0.15) is 0 Å². The van der Waals surface area contributed by atoms with Crippen molar-refractivity contribution in [2.75, 3.05) is 5.32 Å². The number of aryl methyl sites for hydroxylation is 2. The Morgan fingerprint density at radius 3 is 2.40 bits per heavy atom. The molecule has 0 radical (unpaired) electrons. The Hall–Kier alpha value is -1.71. The number of hydrogen-bond donors (Lipinski definition) is 2. The summed E-state index contributed by atoms with van der Waals surface area (Å²) in [5, 5.41) is 13.2. The van der Waals surface area contributed by atoms with Gasteiger partial charge in [0.1, 0.15) is 0 Å². The third-order valence-electron chi connectivity index (χ3n) is 3.02. The summed E-state index contributed by atoms with van der Waals surface area (Å²) in [6, 6.07) is 8.45. The number of anilines is 2. The monoisotopic (exact) mass is 309 g/mol. The van der Waals surface area contributed by atoms with Gasteiger partial charge in [0.15, 0.2) is 0 Å². The van der Waals surface area contributed by atoms with Crippen molar-refractivity contribution in [3.05, 3.63) is 57.1 Å². The third-order valence-corrected chi connectivity index (χ3v) is 3.82. The van der Waals surface area contributed by atoms with Gasteiger partial charge in [-0.15, -0.1) is 0 Å². The standard InChI is InChI=1S/C15H13Cl2NO2/c1-8-3-5-11(16)14(13(8)17)18-12-6-4-10(15(19)20)7-9(12)2/h3-7,18H,1-2H3,(H,19,20). The molecule has 0 saturated heterocycles. The molecular formula is C15H13Cl2NO2. The second-order valence-electron chi connectivity index (χ2n) is 4.51. The second kappa shape index (κ2) is 5.73. The zero-order chi connectivity index (χ0) is 14.9. The predicted molar refractivity (Wildman–Crippen MR) is 82.6 cm³/mol. The van der Waals surface area contributed by atoms with E-state index in [1.165, 1.54) is 6.07 Å². The SMILES string of the molecule is Cc1cc(C(=O)O)ccc1Nc1c(Cl)ccc(C)c1Cl. The molecule has 0 unspecified atom stereocenters. The zero-order valence-corrected chi connectivity index (χ0v) is 12.5. The molecule has 3 nitrogen and oxygen atoms in total. The van der Waals surface area contributed by atoms with Crippen molar-refractivity contribution in [3.63, 3.8) is 0 Å². The van der Waals surface area contributed by atoms with Gasteiger partial charge in [-0.05, 0) is 49.2 Å². The Kier molecular flexibility index (Phi) is 4.21. The molecule has 2 N–H and O–H groups in total. The van der Waals surface area contributed by atoms with Gasteiger partial charge in [-0.3, -0.25) is 0 Å². The number of carboxylic acid groups (broad SMARTS) is 1. The van der Waals surface area contributed by atoms with E-state index in [0.29, 0.717) is 15.7 Å². The van der Waals surface area contributed by atoms with Crippen molar-refractivity contribution >= 4 is 40.5 Å². The van der Waals surface area contributed by atoms with E-state index in [2.05, 4.69) is 5.32 Å². The van der Waals surface area contributed by atoms with Crippen LogP contribution in [0.15, 0.2) is 30.3 Å². The summed E-state index contributed by atoms with van der Waals surface area (Å²) in [4.78, 5) is 10.9. The quantitative estimate of drug-likeness (QED) is 0.834. The Labute approximate surface area is 127 Å². The molecule has 0 aliphatic carbocycles. The molecule has 0 atom stereocenters. The van der Waals surface area contributed by atoms with E-state index in [-0.39, 0.29) is 5.56 Å². The third kappa shape index (κ3) is 2.89. The molecule has 0 amide bonds. The van der Waals surface area contributed by atoms with E-state index in [4.69, 9.17) is 28.3 Å². The first-order valence-electron chi connectivity index (χ1n) is 5.95. The molecule has 2 aromatic carbocycles. The first kappa shape index (κ1) is 14.7. The molecule has 20 heavy (non-hydrogen) atoms. The number of nitrogens with one attached hydrogen (secondary N) is 1. The molecule has 0 aliphatic rings. The predicted octanol–water partition coefficient (Wildman–Crippen LogP) is 5.05. The van der Waals surface area contributed by atoms with Gasteiger partial charge < -0.3 is 10.4 Å². The van der Waals surface area contributed by atoms with Crippen molar-refractivity contribution in [2.24, 2.45) is 0 Å². The number of rotatable bonds is 3. The van der Waals surface area contributed by atoms with Crippen LogP contribution in [0.3, 0.4) is 0 Å². The summed E-state index contributed by atoms with van der Waals surface area (Å²) in [6.07, 6.45) is 0. The van der Waals surface area contributed by atoms with E-state index in [9.17, 15) is 4.79 Å². The van der Waals surface area contributed by atoms with Crippen LogP contribution in [0.4, 0.5) is 11.4 Å². The van der Waals surface area contributed by atoms with Crippen molar-refractivity contribution in [1.29, 1.82) is 0 Å². The minimum atomic E-state index is -0.953. The van der Waals surface area contributed by atoms with E-state index >= 15 is 0 Å². The van der Waals surface area contributed by atoms with Crippen LogP contribution in [-0.4, -0.2) is 11.1 Å². The number of carbonyl (C=O) groups is 1. The molecule has 0 bridgehead atoms. The molecular weight excluding hydrogens is 297 g/mol. The highest BCUT2D eigenvalue weighted by molar-refractivity contribution is 6.39. The van der Waals surface area contributed by atoms with Gasteiger partial charge in [0.05, 0.1) is 21.3 Å². The minimum absolute atomic E-state index is 0.245.